The quantitative estimate of drug-likeness (QED) is 0.470. The Bertz CT molecular complexity index is 1400. The molecule has 0 unspecified atom stereocenters. The van der Waals surface area contributed by atoms with Gasteiger partial charge >= 0.3 is 0 Å². The maximum Gasteiger partial charge on any atom is 0.274 e. The molecule has 1 aromatic heterocycles. The minimum atomic E-state index is -3.64. The molecular weight excluding hydrogens is 464 g/mol. The van der Waals surface area contributed by atoms with Crippen LogP contribution in [0.2, 0.25) is 0 Å². The van der Waals surface area contributed by atoms with Crippen LogP contribution in [0.3, 0.4) is 0 Å². The molecule has 0 saturated heterocycles. The lowest BCUT2D eigenvalue weighted by atomic mass is 9.90. The third-order valence-electron chi connectivity index (χ3n) is 5.85. The van der Waals surface area contributed by atoms with Crippen LogP contribution in [0.5, 0.6) is 5.75 Å². The van der Waals surface area contributed by atoms with E-state index in [0.29, 0.717) is 40.8 Å². The van der Waals surface area contributed by atoms with Gasteiger partial charge in [-0.15, -0.1) is 0 Å². The molecule has 0 bridgehead atoms. The lowest BCUT2D eigenvalue weighted by molar-refractivity contribution is 0.100. The predicted molar refractivity (Wildman–Crippen MR) is 126 cm³/mol. The SMILES string of the molecule is COc1c(C=Cc2ccc(CS(N)(=O)=O)cc2)cc(-c2ncc[nH]c2=O)cc1C1(C(F)F)CC1. The molecule has 10 heteroatoms. The average molecular weight is 488 g/mol. The van der Waals surface area contributed by atoms with Crippen LogP contribution in [-0.2, 0) is 21.2 Å². The molecule has 3 N–H and O–H groups in total. The van der Waals surface area contributed by atoms with Crippen LogP contribution in [0.15, 0.2) is 53.6 Å². The zero-order valence-corrected chi connectivity index (χ0v) is 19.1. The number of H-pyrrole nitrogens is 1. The van der Waals surface area contributed by atoms with Gasteiger partial charge in [-0.2, -0.15) is 0 Å². The summed E-state index contributed by atoms with van der Waals surface area (Å²) >= 11 is 0. The van der Waals surface area contributed by atoms with Crippen molar-refractivity contribution >= 4 is 22.2 Å². The van der Waals surface area contributed by atoms with E-state index in [9.17, 15) is 22.0 Å². The predicted octanol–water partition coefficient (Wildman–Crippen LogP) is 3.70. The number of alkyl halides is 2. The van der Waals surface area contributed by atoms with Crippen LogP contribution in [0, 0.1) is 0 Å². The molecule has 4 rings (SSSR count). The number of sulfonamides is 1. The molecular formula is C24H23F2N3O4S. The fourth-order valence-corrected chi connectivity index (χ4v) is 4.61. The number of ether oxygens (including phenoxy) is 1. The Kier molecular flexibility index (Phi) is 6.37. The largest absolute Gasteiger partial charge is 0.496 e. The van der Waals surface area contributed by atoms with Crippen molar-refractivity contribution in [1.82, 2.24) is 9.97 Å². The molecule has 0 amide bonds. The van der Waals surface area contributed by atoms with Crippen molar-refractivity contribution in [2.24, 2.45) is 5.14 Å². The topological polar surface area (TPSA) is 115 Å². The van der Waals surface area contributed by atoms with E-state index in [2.05, 4.69) is 9.97 Å². The number of aromatic nitrogens is 2. The van der Waals surface area contributed by atoms with E-state index in [4.69, 9.17) is 9.88 Å². The van der Waals surface area contributed by atoms with E-state index in [1.54, 1.807) is 48.6 Å². The maximum atomic E-state index is 14.0. The van der Waals surface area contributed by atoms with E-state index in [-0.39, 0.29) is 11.4 Å². The number of primary sulfonamides is 1. The van der Waals surface area contributed by atoms with Crippen LogP contribution in [0.25, 0.3) is 23.4 Å². The first-order chi connectivity index (χ1) is 16.1. The Balaban J connectivity index is 1.79. The highest BCUT2D eigenvalue weighted by atomic mass is 32.2. The normalized spacial score (nSPS) is 15.1. The number of nitrogens with zero attached hydrogens (tertiary/aromatic N) is 1. The van der Waals surface area contributed by atoms with Crippen LogP contribution < -0.4 is 15.4 Å². The minimum Gasteiger partial charge on any atom is -0.496 e. The second-order valence-electron chi connectivity index (χ2n) is 8.25. The Morgan fingerprint density at radius 2 is 1.91 bits per heavy atom. The van der Waals surface area contributed by atoms with Crippen molar-refractivity contribution in [3.8, 4) is 17.0 Å². The number of hydrogen-bond donors (Lipinski definition) is 2. The van der Waals surface area contributed by atoms with Crippen molar-refractivity contribution in [1.29, 1.82) is 0 Å². The van der Waals surface area contributed by atoms with Gasteiger partial charge in [-0.05, 0) is 36.1 Å². The molecule has 1 aliphatic rings. The minimum absolute atomic E-state index is 0.124. The summed E-state index contributed by atoms with van der Waals surface area (Å²) in [6, 6.07) is 9.97. The summed E-state index contributed by atoms with van der Waals surface area (Å²) in [7, 11) is -2.22. The number of nitrogens with two attached hydrogens (primary N) is 1. The first kappa shape index (κ1) is 23.8. The van der Waals surface area contributed by atoms with Gasteiger partial charge in [0.1, 0.15) is 11.4 Å². The number of benzene rings is 2. The van der Waals surface area contributed by atoms with Gasteiger partial charge in [0.25, 0.3) is 5.56 Å². The molecule has 0 radical (unpaired) electrons. The van der Waals surface area contributed by atoms with Crippen LogP contribution in [0.4, 0.5) is 8.78 Å². The highest BCUT2D eigenvalue weighted by molar-refractivity contribution is 7.88. The molecule has 0 aliphatic heterocycles. The third-order valence-corrected chi connectivity index (χ3v) is 6.58. The van der Waals surface area contributed by atoms with Gasteiger partial charge in [0.15, 0.2) is 0 Å². The molecule has 1 fully saturated rings. The molecule has 0 atom stereocenters. The third kappa shape index (κ3) is 4.92. The van der Waals surface area contributed by atoms with Gasteiger partial charge in [0, 0.05) is 29.1 Å². The Hall–Kier alpha value is -3.37. The monoisotopic (exact) mass is 487 g/mol. The first-order valence-corrected chi connectivity index (χ1v) is 12.2. The first-order valence-electron chi connectivity index (χ1n) is 10.5. The zero-order chi connectivity index (χ0) is 24.5. The van der Waals surface area contributed by atoms with Gasteiger partial charge < -0.3 is 9.72 Å². The number of rotatable bonds is 8. The van der Waals surface area contributed by atoms with Crippen LogP contribution in [0.1, 0.15) is 35.1 Å². The zero-order valence-electron chi connectivity index (χ0n) is 18.3. The van der Waals surface area contributed by atoms with Crippen LogP contribution in [-0.4, -0.2) is 31.9 Å². The number of halogens is 2. The van der Waals surface area contributed by atoms with Gasteiger partial charge in [-0.25, -0.2) is 27.3 Å². The van der Waals surface area contributed by atoms with Crippen molar-refractivity contribution < 1.29 is 21.9 Å². The van der Waals surface area contributed by atoms with E-state index in [0.717, 1.165) is 5.56 Å². The summed E-state index contributed by atoms with van der Waals surface area (Å²) in [5.74, 6) is 0.0425. The summed E-state index contributed by atoms with van der Waals surface area (Å²) in [5.41, 5.74) is 0.936. The Morgan fingerprint density at radius 1 is 1.21 bits per heavy atom. The summed E-state index contributed by atoms with van der Waals surface area (Å²) in [6.07, 6.45) is 4.34. The Morgan fingerprint density at radius 3 is 2.47 bits per heavy atom. The summed E-state index contributed by atoms with van der Waals surface area (Å²) in [4.78, 5) is 19.0. The molecule has 34 heavy (non-hydrogen) atoms. The highest BCUT2D eigenvalue weighted by Gasteiger charge is 2.54. The number of aromatic amines is 1. The van der Waals surface area contributed by atoms with E-state index < -0.39 is 27.4 Å². The molecule has 3 aromatic rings. The molecule has 1 heterocycles. The van der Waals surface area contributed by atoms with E-state index >= 15 is 0 Å². The maximum absolute atomic E-state index is 14.0. The molecule has 1 saturated carbocycles. The van der Waals surface area contributed by atoms with Gasteiger partial charge in [0.2, 0.25) is 16.4 Å². The fraction of sp³-hybridized carbons (Fsp3) is 0.250. The van der Waals surface area contributed by atoms with Gasteiger partial charge in [-0.1, -0.05) is 36.4 Å². The smallest absolute Gasteiger partial charge is 0.274 e. The van der Waals surface area contributed by atoms with E-state index in [1.165, 1.54) is 19.5 Å². The molecule has 1 aliphatic carbocycles. The van der Waals surface area contributed by atoms with E-state index in [1.807, 2.05) is 0 Å². The lowest BCUT2D eigenvalue weighted by Crippen LogP contribution is -2.19. The van der Waals surface area contributed by atoms with Crippen molar-refractivity contribution in [2.45, 2.75) is 30.4 Å². The molecule has 178 valence electrons. The van der Waals surface area contributed by atoms with Gasteiger partial charge in [-0.3, -0.25) is 4.79 Å². The van der Waals surface area contributed by atoms with Crippen LogP contribution >= 0.6 is 0 Å². The summed E-state index contributed by atoms with van der Waals surface area (Å²) in [5, 5.41) is 5.08. The van der Waals surface area contributed by atoms with Crippen molar-refractivity contribution in [3.63, 3.8) is 0 Å². The van der Waals surface area contributed by atoms with Crippen molar-refractivity contribution in [2.75, 3.05) is 7.11 Å². The second-order valence-corrected chi connectivity index (χ2v) is 9.87. The summed E-state index contributed by atoms with van der Waals surface area (Å²) in [6.45, 7) is 0. The Labute approximate surface area is 195 Å². The standard InChI is InChI=1S/C24H23F2N3O4S/c1-33-21-17(7-6-15-2-4-16(5-3-15)14-34(27,31)32)12-18(20-22(30)29-11-10-28-20)13-19(21)24(8-9-24)23(25)26/h2-7,10-13,23H,8-9,14H2,1H3,(H,29,30)(H2,27,31,32). The lowest BCUT2D eigenvalue weighted by Gasteiger charge is -2.21. The number of hydrogen-bond acceptors (Lipinski definition) is 5. The summed E-state index contributed by atoms with van der Waals surface area (Å²) < 4.78 is 56.1. The fourth-order valence-electron chi connectivity index (χ4n) is 3.95. The highest BCUT2D eigenvalue weighted by Crippen LogP contribution is 2.56. The molecule has 2 aromatic carbocycles. The molecule has 0 spiro atoms. The second kappa shape index (κ2) is 9.11. The number of nitrogens with one attached hydrogen (secondary N) is 1. The average Bonchev–Trinajstić information content (AvgIpc) is 3.59. The molecule has 7 nitrogen and oxygen atoms in total. The van der Waals surface area contributed by atoms with Crippen molar-refractivity contribution in [3.05, 3.63) is 81.4 Å². The van der Waals surface area contributed by atoms with Gasteiger partial charge in [0.05, 0.1) is 18.3 Å². The number of methoxy groups -OCH3 is 1.